The van der Waals surface area contributed by atoms with E-state index < -0.39 is 0 Å². The second kappa shape index (κ2) is 7.25. The van der Waals surface area contributed by atoms with Crippen LogP contribution in [-0.4, -0.2) is 14.8 Å². The molecule has 0 bridgehead atoms. The molecular formula is C24H17N3S. The molecule has 0 amide bonds. The van der Waals surface area contributed by atoms with Gasteiger partial charge in [0, 0.05) is 17.1 Å². The fraction of sp³-hybridized carbons (Fsp3) is 0. The molecule has 3 nitrogen and oxygen atoms in total. The summed E-state index contributed by atoms with van der Waals surface area (Å²) in [6, 6.07) is 26.7. The molecule has 0 saturated carbocycles. The van der Waals surface area contributed by atoms with Crippen LogP contribution in [0.5, 0.6) is 0 Å². The summed E-state index contributed by atoms with van der Waals surface area (Å²) in [4.78, 5) is 5.89. The number of nitrogens with zero attached hydrogens (tertiary/aromatic N) is 3. The Morgan fingerprint density at radius 2 is 1.64 bits per heavy atom. The van der Waals surface area contributed by atoms with E-state index in [1.165, 1.54) is 0 Å². The van der Waals surface area contributed by atoms with Gasteiger partial charge in [-0.05, 0) is 47.9 Å². The van der Waals surface area contributed by atoms with Crippen LogP contribution in [0.25, 0.3) is 39.3 Å². The van der Waals surface area contributed by atoms with Crippen LogP contribution in [0.4, 0.5) is 0 Å². The molecule has 28 heavy (non-hydrogen) atoms. The van der Waals surface area contributed by atoms with Crippen LogP contribution >= 0.6 is 11.3 Å². The monoisotopic (exact) mass is 379 g/mol. The lowest BCUT2D eigenvalue weighted by Gasteiger charge is -1.99. The van der Waals surface area contributed by atoms with E-state index in [0.29, 0.717) is 0 Å². The van der Waals surface area contributed by atoms with E-state index in [1.807, 2.05) is 47.1 Å². The van der Waals surface area contributed by atoms with E-state index in [0.717, 1.165) is 38.4 Å². The van der Waals surface area contributed by atoms with Crippen LogP contribution in [-0.2, 0) is 0 Å². The number of thiophene rings is 1. The van der Waals surface area contributed by atoms with E-state index in [2.05, 4.69) is 60.1 Å². The van der Waals surface area contributed by atoms with Crippen molar-refractivity contribution in [2.75, 3.05) is 0 Å². The molecule has 2 aromatic carbocycles. The second-order valence-electron chi connectivity index (χ2n) is 6.45. The molecule has 0 aliphatic heterocycles. The molecule has 0 radical (unpaired) electrons. The Hall–Kier alpha value is -3.50. The minimum absolute atomic E-state index is 0.934. The average molecular weight is 379 g/mol. The Morgan fingerprint density at radius 1 is 0.786 bits per heavy atom. The van der Waals surface area contributed by atoms with E-state index in [4.69, 9.17) is 10.1 Å². The minimum atomic E-state index is 0.934. The van der Waals surface area contributed by atoms with Crippen LogP contribution in [0.1, 0.15) is 11.3 Å². The largest absolute Gasteiger partial charge is 0.248 e. The van der Waals surface area contributed by atoms with Crippen molar-refractivity contribution < 1.29 is 0 Å². The molecule has 0 atom stereocenters. The Kier molecular flexibility index (Phi) is 4.31. The lowest BCUT2D eigenvalue weighted by molar-refractivity contribution is 0.885. The standard InChI is InChI=1S/C24H17N3S/c1-2-8-21(9-3-1)27-17-19(24(26-27)23-11-6-16-28-23)13-15-20-14-12-18-7-4-5-10-22(18)25-20/h1-17H/b15-13+. The maximum absolute atomic E-state index is 4.84. The number of pyridine rings is 1. The highest BCUT2D eigenvalue weighted by molar-refractivity contribution is 7.13. The van der Waals surface area contributed by atoms with Crippen LogP contribution < -0.4 is 0 Å². The third kappa shape index (κ3) is 3.26. The molecule has 3 heterocycles. The molecule has 5 aromatic rings. The van der Waals surface area contributed by atoms with Gasteiger partial charge in [-0.1, -0.05) is 48.5 Å². The van der Waals surface area contributed by atoms with Gasteiger partial charge in [0.15, 0.2) is 0 Å². The van der Waals surface area contributed by atoms with Crippen molar-refractivity contribution in [3.05, 3.63) is 102 Å². The fourth-order valence-corrected chi connectivity index (χ4v) is 3.91. The average Bonchev–Trinajstić information content (AvgIpc) is 3.42. The summed E-state index contributed by atoms with van der Waals surface area (Å²) in [6.45, 7) is 0. The third-order valence-corrected chi connectivity index (χ3v) is 5.45. The van der Waals surface area contributed by atoms with Crippen molar-refractivity contribution in [1.29, 1.82) is 0 Å². The van der Waals surface area contributed by atoms with Gasteiger partial charge in [0.05, 0.1) is 21.8 Å². The van der Waals surface area contributed by atoms with Crippen molar-refractivity contribution in [2.45, 2.75) is 0 Å². The van der Waals surface area contributed by atoms with Crippen molar-refractivity contribution in [2.24, 2.45) is 0 Å². The molecule has 4 heteroatoms. The lowest BCUT2D eigenvalue weighted by Crippen LogP contribution is -1.93. The number of aromatic nitrogens is 3. The summed E-state index contributed by atoms with van der Waals surface area (Å²) in [5, 5.41) is 8.07. The van der Waals surface area contributed by atoms with E-state index in [9.17, 15) is 0 Å². The smallest absolute Gasteiger partial charge is 0.110 e. The predicted molar refractivity (Wildman–Crippen MR) is 118 cm³/mol. The number of rotatable bonds is 4. The molecular weight excluding hydrogens is 362 g/mol. The van der Waals surface area contributed by atoms with Gasteiger partial charge in [-0.2, -0.15) is 5.10 Å². The first-order valence-corrected chi connectivity index (χ1v) is 9.98. The third-order valence-electron chi connectivity index (χ3n) is 4.57. The molecule has 0 N–H and O–H groups in total. The Bertz CT molecular complexity index is 1250. The highest BCUT2D eigenvalue weighted by atomic mass is 32.1. The van der Waals surface area contributed by atoms with E-state index in [1.54, 1.807) is 11.3 Å². The lowest BCUT2D eigenvalue weighted by atomic mass is 10.1. The Labute approximate surface area is 167 Å². The van der Waals surface area contributed by atoms with Gasteiger partial charge in [-0.3, -0.25) is 0 Å². The zero-order valence-corrected chi connectivity index (χ0v) is 15.9. The van der Waals surface area contributed by atoms with Gasteiger partial charge in [-0.25, -0.2) is 9.67 Å². The summed E-state index contributed by atoms with van der Waals surface area (Å²) in [7, 11) is 0. The summed E-state index contributed by atoms with van der Waals surface area (Å²) in [5.41, 5.74) is 5.03. The highest BCUT2D eigenvalue weighted by Crippen LogP contribution is 2.29. The Morgan fingerprint density at radius 3 is 2.50 bits per heavy atom. The fourth-order valence-electron chi connectivity index (χ4n) is 3.18. The number of para-hydroxylation sites is 2. The normalized spacial score (nSPS) is 11.4. The highest BCUT2D eigenvalue weighted by Gasteiger charge is 2.11. The number of fused-ring (bicyclic) bond motifs is 1. The van der Waals surface area contributed by atoms with Crippen LogP contribution in [0.15, 0.2) is 90.4 Å². The van der Waals surface area contributed by atoms with Crippen LogP contribution in [0, 0.1) is 0 Å². The maximum Gasteiger partial charge on any atom is 0.110 e. The van der Waals surface area contributed by atoms with Crippen molar-refractivity contribution in [3.63, 3.8) is 0 Å². The summed E-state index contributed by atoms with van der Waals surface area (Å²) in [6.07, 6.45) is 6.22. The SMILES string of the molecule is C(=C\c1cn(-c2ccccc2)nc1-c1cccs1)/c1ccc2ccccc2n1. The Balaban J connectivity index is 1.56. The predicted octanol–water partition coefficient (Wildman–Crippen LogP) is 6.32. The number of benzene rings is 2. The zero-order chi connectivity index (χ0) is 18.8. The first-order valence-electron chi connectivity index (χ1n) is 9.10. The minimum Gasteiger partial charge on any atom is -0.248 e. The van der Waals surface area contributed by atoms with Crippen LogP contribution in [0.2, 0.25) is 0 Å². The summed E-state index contributed by atoms with van der Waals surface area (Å²) >= 11 is 1.70. The van der Waals surface area contributed by atoms with E-state index in [-0.39, 0.29) is 0 Å². The van der Waals surface area contributed by atoms with Gasteiger partial charge >= 0.3 is 0 Å². The number of hydrogen-bond acceptors (Lipinski definition) is 3. The van der Waals surface area contributed by atoms with Gasteiger partial charge < -0.3 is 0 Å². The molecule has 134 valence electrons. The van der Waals surface area contributed by atoms with Gasteiger partial charge in [0.25, 0.3) is 0 Å². The van der Waals surface area contributed by atoms with Crippen molar-refractivity contribution >= 4 is 34.4 Å². The molecule has 0 saturated heterocycles. The van der Waals surface area contributed by atoms with Crippen molar-refractivity contribution in [1.82, 2.24) is 14.8 Å². The summed E-state index contributed by atoms with van der Waals surface area (Å²) < 4.78 is 1.93. The zero-order valence-electron chi connectivity index (χ0n) is 15.1. The number of hydrogen-bond donors (Lipinski definition) is 0. The van der Waals surface area contributed by atoms with Crippen LogP contribution in [0.3, 0.4) is 0 Å². The van der Waals surface area contributed by atoms with Gasteiger partial charge in [0.2, 0.25) is 0 Å². The quantitative estimate of drug-likeness (QED) is 0.366. The van der Waals surface area contributed by atoms with Crippen molar-refractivity contribution in [3.8, 4) is 16.3 Å². The first kappa shape index (κ1) is 16.7. The van der Waals surface area contributed by atoms with Gasteiger partial charge in [-0.15, -0.1) is 11.3 Å². The van der Waals surface area contributed by atoms with E-state index >= 15 is 0 Å². The summed E-state index contributed by atoms with van der Waals surface area (Å²) in [5.74, 6) is 0. The first-order chi connectivity index (χ1) is 13.9. The molecule has 0 aliphatic carbocycles. The molecule has 0 fully saturated rings. The molecule has 0 aliphatic rings. The second-order valence-corrected chi connectivity index (χ2v) is 7.40. The topological polar surface area (TPSA) is 30.7 Å². The maximum atomic E-state index is 4.84. The molecule has 0 unspecified atom stereocenters. The molecule has 3 aromatic heterocycles. The molecule has 5 rings (SSSR count). The molecule has 0 spiro atoms. The van der Waals surface area contributed by atoms with Gasteiger partial charge in [0.1, 0.15) is 5.69 Å².